The first-order chi connectivity index (χ1) is 9.37. The van der Waals surface area contributed by atoms with Crippen molar-refractivity contribution in [3.8, 4) is 5.75 Å². The van der Waals surface area contributed by atoms with Crippen LogP contribution < -0.4 is 10.1 Å². The smallest absolute Gasteiger partial charge is 0.411 e. The molecule has 0 aliphatic heterocycles. The maximum absolute atomic E-state index is 12.0. The fraction of sp³-hybridized carbons (Fsp3) is 0.538. The van der Waals surface area contributed by atoms with Crippen molar-refractivity contribution in [2.45, 2.75) is 18.6 Å². The van der Waals surface area contributed by atoms with Gasteiger partial charge in [-0.25, -0.2) is 0 Å². The standard InChI is InChI=1S/C13H17ClF3NO2/c1-18-11(5-6-20-8-13(15,16)17)9-3-4-10(14)12(7-9)19-2/h3-4,7,11,18H,5-6,8H2,1-2H3. The van der Waals surface area contributed by atoms with Gasteiger partial charge in [0, 0.05) is 12.6 Å². The Balaban J connectivity index is 2.58. The van der Waals surface area contributed by atoms with Gasteiger partial charge in [-0.1, -0.05) is 17.7 Å². The molecule has 0 amide bonds. The van der Waals surface area contributed by atoms with E-state index in [2.05, 4.69) is 10.1 Å². The van der Waals surface area contributed by atoms with E-state index >= 15 is 0 Å². The molecule has 0 saturated carbocycles. The normalized spacial score (nSPS) is 13.3. The van der Waals surface area contributed by atoms with Crippen molar-refractivity contribution in [1.29, 1.82) is 0 Å². The van der Waals surface area contributed by atoms with Crippen molar-refractivity contribution in [2.24, 2.45) is 0 Å². The van der Waals surface area contributed by atoms with Crippen molar-refractivity contribution in [3.63, 3.8) is 0 Å². The van der Waals surface area contributed by atoms with Crippen LogP contribution >= 0.6 is 11.6 Å². The van der Waals surface area contributed by atoms with Gasteiger partial charge in [0.2, 0.25) is 0 Å². The number of benzene rings is 1. The fourth-order valence-corrected chi connectivity index (χ4v) is 1.95. The van der Waals surface area contributed by atoms with Crippen LogP contribution in [0.5, 0.6) is 5.75 Å². The molecule has 7 heteroatoms. The molecule has 1 N–H and O–H groups in total. The maximum Gasteiger partial charge on any atom is 0.411 e. The number of alkyl halides is 3. The van der Waals surface area contributed by atoms with E-state index in [1.807, 2.05) is 0 Å². The number of halogens is 4. The second-order valence-electron chi connectivity index (χ2n) is 4.19. The summed E-state index contributed by atoms with van der Waals surface area (Å²) in [7, 11) is 3.24. The Morgan fingerprint density at radius 3 is 2.60 bits per heavy atom. The van der Waals surface area contributed by atoms with Crippen molar-refractivity contribution in [2.75, 3.05) is 27.4 Å². The Kier molecular flexibility index (Phi) is 6.58. The zero-order valence-electron chi connectivity index (χ0n) is 11.3. The lowest BCUT2D eigenvalue weighted by Gasteiger charge is -2.18. The van der Waals surface area contributed by atoms with Crippen molar-refractivity contribution in [3.05, 3.63) is 28.8 Å². The lowest BCUT2D eigenvalue weighted by molar-refractivity contribution is -0.174. The average molecular weight is 312 g/mol. The highest BCUT2D eigenvalue weighted by Crippen LogP contribution is 2.28. The van der Waals surface area contributed by atoms with Gasteiger partial charge in [0.1, 0.15) is 12.4 Å². The van der Waals surface area contributed by atoms with E-state index < -0.39 is 12.8 Å². The number of methoxy groups -OCH3 is 1. The van der Waals surface area contributed by atoms with Gasteiger partial charge in [-0.05, 0) is 31.2 Å². The Bertz CT molecular complexity index is 427. The monoisotopic (exact) mass is 311 g/mol. The van der Waals surface area contributed by atoms with Crippen LogP contribution in [0.15, 0.2) is 18.2 Å². The summed E-state index contributed by atoms with van der Waals surface area (Å²) in [4.78, 5) is 0. The lowest BCUT2D eigenvalue weighted by atomic mass is 10.0. The molecule has 0 fully saturated rings. The van der Waals surface area contributed by atoms with E-state index in [4.69, 9.17) is 16.3 Å². The highest BCUT2D eigenvalue weighted by molar-refractivity contribution is 6.32. The molecule has 20 heavy (non-hydrogen) atoms. The minimum atomic E-state index is -4.29. The van der Waals surface area contributed by atoms with Gasteiger partial charge in [-0.2, -0.15) is 13.2 Å². The quantitative estimate of drug-likeness (QED) is 0.781. The van der Waals surface area contributed by atoms with E-state index in [1.54, 1.807) is 25.2 Å². The van der Waals surface area contributed by atoms with Crippen LogP contribution in [0.1, 0.15) is 18.0 Å². The third-order valence-corrected chi connectivity index (χ3v) is 3.05. The molecule has 1 unspecified atom stereocenters. The molecular weight excluding hydrogens is 295 g/mol. The first-order valence-corrected chi connectivity index (χ1v) is 6.40. The van der Waals surface area contributed by atoms with Crippen molar-refractivity contribution >= 4 is 11.6 Å². The summed E-state index contributed by atoms with van der Waals surface area (Å²) in [5.74, 6) is 0.528. The summed E-state index contributed by atoms with van der Waals surface area (Å²) in [5, 5.41) is 3.51. The minimum Gasteiger partial charge on any atom is -0.495 e. The Hall–Kier alpha value is -0.980. The summed E-state index contributed by atoms with van der Waals surface area (Å²) < 4.78 is 45.6. The summed E-state index contributed by atoms with van der Waals surface area (Å²) in [6, 6.07) is 5.12. The van der Waals surface area contributed by atoms with Gasteiger partial charge in [0.25, 0.3) is 0 Å². The zero-order chi connectivity index (χ0) is 15.2. The summed E-state index contributed by atoms with van der Waals surface area (Å²) in [6.45, 7) is -1.22. The minimum absolute atomic E-state index is 0.00988. The molecule has 1 rings (SSSR count). The van der Waals surface area contributed by atoms with E-state index in [1.165, 1.54) is 7.11 Å². The average Bonchev–Trinajstić information content (AvgIpc) is 2.39. The number of ether oxygens (including phenoxy) is 2. The zero-order valence-corrected chi connectivity index (χ0v) is 12.0. The van der Waals surface area contributed by atoms with E-state index in [0.29, 0.717) is 17.2 Å². The number of hydrogen-bond acceptors (Lipinski definition) is 3. The highest BCUT2D eigenvalue weighted by Gasteiger charge is 2.27. The SMILES string of the molecule is CNC(CCOCC(F)(F)F)c1ccc(Cl)c(OC)c1. The Morgan fingerprint density at radius 1 is 1.35 bits per heavy atom. The van der Waals surface area contributed by atoms with Crippen LogP contribution in [0.3, 0.4) is 0 Å². The van der Waals surface area contributed by atoms with Crippen molar-refractivity contribution in [1.82, 2.24) is 5.32 Å². The Morgan fingerprint density at radius 2 is 2.05 bits per heavy atom. The predicted octanol–water partition coefficient (Wildman–Crippen LogP) is 3.58. The first kappa shape index (κ1) is 17.1. The third-order valence-electron chi connectivity index (χ3n) is 2.74. The van der Waals surface area contributed by atoms with Gasteiger partial charge >= 0.3 is 6.18 Å². The number of hydrogen-bond donors (Lipinski definition) is 1. The molecule has 114 valence electrons. The molecule has 0 aliphatic carbocycles. The summed E-state index contributed by atoms with van der Waals surface area (Å²) in [5.41, 5.74) is 0.879. The molecule has 0 saturated heterocycles. The molecule has 0 spiro atoms. The first-order valence-electron chi connectivity index (χ1n) is 6.02. The van der Waals surface area contributed by atoms with Crippen LogP contribution in [0, 0.1) is 0 Å². The number of rotatable bonds is 7. The Labute approximate surface area is 121 Å². The van der Waals surface area contributed by atoms with Crippen LogP contribution in [-0.2, 0) is 4.74 Å². The lowest BCUT2D eigenvalue weighted by Crippen LogP contribution is -2.21. The maximum atomic E-state index is 12.0. The van der Waals surface area contributed by atoms with E-state index in [9.17, 15) is 13.2 Å². The van der Waals surface area contributed by atoms with Gasteiger partial charge in [0.05, 0.1) is 12.1 Å². The second kappa shape index (κ2) is 7.71. The van der Waals surface area contributed by atoms with E-state index in [-0.39, 0.29) is 12.6 Å². The topological polar surface area (TPSA) is 30.5 Å². The largest absolute Gasteiger partial charge is 0.495 e. The van der Waals surface area contributed by atoms with Crippen LogP contribution in [0.2, 0.25) is 5.02 Å². The third kappa shape index (κ3) is 5.56. The van der Waals surface area contributed by atoms with Gasteiger partial charge in [-0.3, -0.25) is 0 Å². The van der Waals surface area contributed by atoms with Gasteiger partial charge < -0.3 is 14.8 Å². The van der Waals surface area contributed by atoms with Crippen LogP contribution in [0.4, 0.5) is 13.2 Å². The molecule has 0 bridgehead atoms. The molecular formula is C13H17ClF3NO2. The fourth-order valence-electron chi connectivity index (χ4n) is 1.76. The molecule has 3 nitrogen and oxygen atoms in total. The van der Waals surface area contributed by atoms with Gasteiger partial charge in [0.15, 0.2) is 0 Å². The highest BCUT2D eigenvalue weighted by atomic mass is 35.5. The van der Waals surface area contributed by atoms with Crippen LogP contribution in [-0.4, -0.2) is 33.5 Å². The number of nitrogens with one attached hydrogen (secondary N) is 1. The van der Waals surface area contributed by atoms with Gasteiger partial charge in [-0.15, -0.1) is 0 Å². The molecule has 0 aliphatic rings. The summed E-state index contributed by atoms with van der Waals surface area (Å²) in [6.07, 6.45) is -3.88. The summed E-state index contributed by atoms with van der Waals surface area (Å²) >= 11 is 5.93. The van der Waals surface area contributed by atoms with Crippen molar-refractivity contribution < 1.29 is 22.6 Å². The second-order valence-corrected chi connectivity index (χ2v) is 4.60. The molecule has 0 radical (unpaired) electrons. The molecule has 1 aromatic rings. The molecule has 1 aromatic carbocycles. The molecule has 1 atom stereocenters. The molecule has 0 heterocycles. The molecule has 0 aromatic heterocycles. The van der Waals surface area contributed by atoms with Crippen LogP contribution in [0.25, 0.3) is 0 Å². The predicted molar refractivity (Wildman–Crippen MR) is 71.3 cm³/mol. The van der Waals surface area contributed by atoms with E-state index in [0.717, 1.165) is 5.56 Å².